The average Bonchev–Trinajstić information content (AvgIpc) is 2.39. The Balaban J connectivity index is 2.17. The van der Waals surface area contributed by atoms with Gasteiger partial charge in [0, 0.05) is 17.3 Å². The smallest absolute Gasteiger partial charge is 0.248 e. The first-order valence-electron chi connectivity index (χ1n) is 5.70. The number of rotatable bonds is 3. The summed E-state index contributed by atoms with van der Waals surface area (Å²) in [5, 5.41) is 21.9. The second-order valence-corrected chi connectivity index (χ2v) is 4.51. The summed E-state index contributed by atoms with van der Waals surface area (Å²) in [5.41, 5.74) is 6.60. The lowest BCUT2D eigenvalue weighted by Gasteiger charge is -2.10. The lowest BCUT2D eigenvalue weighted by molar-refractivity contribution is 0.100. The van der Waals surface area contributed by atoms with Crippen molar-refractivity contribution < 1.29 is 15.0 Å². The van der Waals surface area contributed by atoms with Crippen LogP contribution in [0.3, 0.4) is 0 Å². The van der Waals surface area contributed by atoms with E-state index in [2.05, 4.69) is 5.32 Å². The maximum atomic E-state index is 11.0. The molecule has 0 aliphatic rings. The monoisotopic (exact) mass is 288 g/mol. The van der Waals surface area contributed by atoms with Crippen LogP contribution in [0.15, 0.2) is 42.5 Å². The Morgan fingerprint density at radius 2 is 1.75 bits per heavy atom. The van der Waals surface area contributed by atoms with Gasteiger partial charge in [-0.05, 0) is 36.4 Å². The summed E-state index contributed by atoms with van der Waals surface area (Å²) < 4.78 is 0. The van der Waals surface area contributed by atoms with Crippen LogP contribution in [0.25, 0.3) is 0 Å². The molecule has 5 nitrogen and oxygen atoms in total. The van der Waals surface area contributed by atoms with Crippen molar-refractivity contribution in [2.45, 2.75) is 0 Å². The first kappa shape index (κ1) is 13.8. The highest BCUT2D eigenvalue weighted by Gasteiger charge is 2.08. The number of nitrogens with two attached hydrogens (primary N) is 1. The van der Waals surface area contributed by atoms with Gasteiger partial charge in [-0.2, -0.15) is 0 Å². The van der Waals surface area contributed by atoms with Crippen molar-refractivity contribution in [1.82, 2.24) is 0 Å². The Hall–Kier alpha value is -2.60. The van der Waals surface area contributed by atoms with Gasteiger partial charge in [-0.25, -0.2) is 0 Å². The molecule has 0 heterocycles. The van der Waals surface area contributed by atoms with Crippen LogP contribution >= 0.6 is 12.2 Å². The number of anilines is 1. The molecule has 0 aliphatic carbocycles. The molecule has 2 rings (SSSR count). The van der Waals surface area contributed by atoms with Crippen molar-refractivity contribution in [1.29, 1.82) is 0 Å². The zero-order chi connectivity index (χ0) is 14.7. The fourth-order valence-electron chi connectivity index (χ4n) is 1.63. The molecule has 0 aromatic heterocycles. The van der Waals surface area contributed by atoms with E-state index in [1.165, 1.54) is 18.2 Å². The number of hydrogen-bond donors (Lipinski definition) is 4. The first-order valence-corrected chi connectivity index (χ1v) is 6.11. The van der Waals surface area contributed by atoms with E-state index in [1.807, 2.05) is 0 Å². The van der Waals surface area contributed by atoms with Gasteiger partial charge < -0.3 is 21.3 Å². The third-order valence-corrected chi connectivity index (χ3v) is 2.98. The number of phenolic OH excluding ortho intramolecular Hbond substituents is 2. The van der Waals surface area contributed by atoms with Gasteiger partial charge in [-0.1, -0.05) is 12.2 Å². The Bertz CT molecular complexity index is 669. The molecule has 0 saturated heterocycles. The number of primary amides is 1. The maximum absolute atomic E-state index is 11.0. The summed E-state index contributed by atoms with van der Waals surface area (Å²) in [6.45, 7) is 0. The molecular weight excluding hydrogens is 276 g/mol. The molecule has 0 spiro atoms. The van der Waals surface area contributed by atoms with Gasteiger partial charge in [-0.3, -0.25) is 4.79 Å². The van der Waals surface area contributed by atoms with E-state index in [9.17, 15) is 15.0 Å². The maximum Gasteiger partial charge on any atom is 0.248 e. The van der Waals surface area contributed by atoms with Crippen molar-refractivity contribution >= 4 is 28.8 Å². The van der Waals surface area contributed by atoms with E-state index < -0.39 is 5.91 Å². The first-order chi connectivity index (χ1) is 9.47. The number of amides is 1. The topological polar surface area (TPSA) is 95.6 Å². The van der Waals surface area contributed by atoms with Crippen molar-refractivity contribution in [2.24, 2.45) is 5.73 Å². The second kappa shape index (κ2) is 5.58. The van der Waals surface area contributed by atoms with Crippen LogP contribution in [0.5, 0.6) is 11.5 Å². The van der Waals surface area contributed by atoms with Crippen molar-refractivity contribution in [2.75, 3.05) is 5.32 Å². The highest BCUT2D eigenvalue weighted by molar-refractivity contribution is 7.81. The van der Waals surface area contributed by atoms with E-state index in [4.69, 9.17) is 18.0 Å². The van der Waals surface area contributed by atoms with Crippen LogP contribution in [-0.2, 0) is 0 Å². The number of carbonyl (C=O) groups excluding carboxylic acids is 1. The molecular formula is C14H12N2O3S. The summed E-state index contributed by atoms with van der Waals surface area (Å²) in [7, 11) is 0. The predicted molar refractivity (Wildman–Crippen MR) is 80.1 cm³/mol. The van der Waals surface area contributed by atoms with Crippen molar-refractivity contribution in [3.05, 3.63) is 53.6 Å². The number of nitrogens with one attached hydrogen (secondary N) is 1. The number of phenols is 2. The summed E-state index contributed by atoms with van der Waals surface area (Å²) >= 11 is 5.17. The highest BCUT2D eigenvalue weighted by atomic mass is 32.1. The zero-order valence-electron chi connectivity index (χ0n) is 10.3. The molecule has 0 bridgehead atoms. The Morgan fingerprint density at radius 1 is 1.10 bits per heavy atom. The zero-order valence-corrected chi connectivity index (χ0v) is 11.1. The normalized spacial score (nSPS) is 10.0. The molecule has 102 valence electrons. The van der Waals surface area contributed by atoms with Gasteiger partial charge in [0.15, 0.2) is 0 Å². The number of aromatic hydroxyl groups is 2. The molecule has 0 saturated carbocycles. The predicted octanol–water partition coefficient (Wildman–Crippen LogP) is 1.98. The van der Waals surface area contributed by atoms with E-state index in [0.29, 0.717) is 21.8 Å². The molecule has 1 amide bonds. The molecule has 0 aliphatic heterocycles. The minimum atomic E-state index is -0.504. The fourth-order valence-corrected chi connectivity index (χ4v) is 1.92. The van der Waals surface area contributed by atoms with Crippen LogP contribution in [-0.4, -0.2) is 21.1 Å². The highest BCUT2D eigenvalue weighted by Crippen LogP contribution is 2.24. The largest absolute Gasteiger partial charge is 0.508 e. The second-order valence-electron chi connectivity index (χ2n) is 4.10. The van der Waals surface area contributed by atoms with Crippen LogP contribution in [0.1, 0.15) is 15.9 Å². The van der Waals surface area contributed by atoms with Crippen LogP contribution in [0, 0.1) is 0 Å². The third-order valence-electron chi connectivity index (χ3n) is 2.65. The molecule has 0 atom stereocenters. The quantitative estimate of drug-likeness (QED) is 0.648. The van der Waals surface area contributed by atoms with Crippen LogP contribution in [0.2, 0.25) is 0 Å². The molecule has 6 heteroatoms. The molecule has 2 aromatic rings. The van der Waals surface area contributed by atoms with Crippen LogP contribution in [0.4, 0.5) is 5.69 Å². The number of benzene rings is 2. The lowest BCUT2D eigenvalue weighted by Crippen LogP contribution is -2.12. The van der Waals surface area contributed by atoms with Crippen molar-refractivity contribution in [3.8, 4) is 11.5 Å². The summed E-state index contributed by atoms with van der Waals surface area (Å²) in [6, 6.07) is 10.6. The van der Waals surface area contributed by atoms with Crippen molar-refractivity contribution in [3.63, 3.8) is 0 Å². The summed E-state index contributed by atoms with van der Waals surface area (Å²) in [5.74, 6) is -0.661. The van der Waals surface area contributed by atoms with E-state index in [1.54, 1.807) is 24.3 Å². The van der Waals surface area contributed by atoms with Gasteiger partial charge in [0.05, 0.1) is 5.56 Å². The third kappa shape index (κ3) is 3.04. The lowest BCUT2D eigenvalue weighted by atomic mass is 10.1. The van der Waals surface area contributed by atoms with Crippen LogP contribution < -0.4 is 11.1 Å². The van der Waals surface area contributed by atoms with Gasteiger partial charge in [0.25, 0.3) is 0 Å². The molecule has 0 fully saturated rings. The minimum Gasteiger partial charge on any atom is -0.508 e. The van der Waals surface area contributed by atoms with E-state index in [0.717, 1.165) is 0 Å². The average molecular weight is 288 g/mol. The molecule has 20 heavy (non-hydrogen) atoms. The molecule has 0 radical (unpaired) electrons. The van der Waals surface area contributed by atoms with Gasteiger partial charge in [0.1, 0.15) is 16.5 Å². The number of hydrogen-bond acceptors (Lipinski definition) is 4. The fraction of sp³-hybridized carbons (Fsp3) is 0. The SMILES string of the molecule is NC(=O)c1ccc(NC(=S)c2ccc(O)cc2O)cc1. The Labute approximate surface area is 120 Å². The van der Waals surface area contributed by atoms with Gasteiger partial charge >= 0.3 is 0 Å². The summed E-state index contributed by atoms with van der Waals surface area (Å²) in [6.07, 6.45) is 0. The number of carbonyl (C=O) groups is 1. The molecule has 5 N–H and O–H groups in total. The standard InChI is InChI=1S/C14H12N2O3S/c15-13(19)8-1-3-9(4-2-8)16-14(20)11-6-5-10(17)7-12(11)18/h1-7,17-18H,(H2,15,19)(H,16,20). The summed E-state index contributed by atoms with van der Waals surface area (Å²) in [4.78, 5) is 11.3. The number of thiocarbonyl (C=S) groups is 1. The van der Waals surface area contributed by atoms with Gasteiger partial charge in [0.2, 0.25) is 5.91 Å². The molecule has 0 unspecified atom stereocenters. The van der Waals surface area contributed by atoms with Gasteiger partial charge in [-0.15, -0.1) is 0 Å². The Morgan fingerprint density at radius 3 is 2.30 bits per heavy atom. The molecule has 2 aromatic carbocycles. The van der Waals surface area contributed by atoms with E-state index in [-0.39, 0.29) is 11.5 Å². The minimum absolute atomic E-state index is 0.0418. The Kier molecular flexibility index (Phi) is 3.86. The van der Waals surface area contributed by atoms with E-state index >= 15 is 0 Å².